The molecule has 0 amide bonds. The lowest BCUT2D eigenvalue weighted by atomic mass is 9.88. The minimum absolute atomic E-state index is 0.115. The van der Waals surface area contributed by atoms with E-state index in [-0.39, 0.29) is 6.04 Å². The molecule has 2 heterocycles. The molecule has 0 saturated carbocycles. The molecule has 0 radical (unpaired) electrons. The number of aliphatic carboxylic acids is 1. The lowest BCUT2D eigenvalue weighted by Gasteiger charge is -2.33. The summed E-state index contributed by atoms with van der Waals surface area (Å²) in [7, 11) is 0. The fourth-order valence-electron chi connectivity index (χ4n) is 3.41. The number of hydrogen-bond donors (Lipinski definition) is 2. The molecule has 2 atom stereocenters. The number of benzene rings is 1. The smallest absolute Gasteiger partial charge is 0.331 e. The summed E-state index contributed by atoms with van der Waals surface area (Å²) >= 11 is 3.42. The van der Waals surface area contributed by atoms with Crippen LogP contribution in [0.1, 0.15) is 19.3 Å². The topological polar surface area (TPSA) is 52.6 Å². The van der Waals surface area contributed by atoms with Gasteiger partial charge in [-0.05, 0) is 44.0 Å². The van der Waals surface area contributed by atoms with Gasteiger partial charge in [-0.25, -0.2) is 4.79 Å². The van der Waals surface area contributed by atoms with Crippen LogP contribution in [0.15, 0.2) is 28.7 Å². The molecular formula is C14H17BrN2O2. The first kappa shape index (κ1) is 12.9. The Morgan fingerprint density at radius 1 is 1.47 bits per heavy atom. The summed E-state index contributed by atoms with van der Waals surface area (Å²) in [5.74, 6) is -0.734. The number of carboxylic acid groups (broad SMARTS) is 1. The second-order valence-corrected chi connectivity index (χ2v) is 6.27. The van der Waals surface area contributed by atoms with Crippen LogP contribution >= 0.6 is 15.9 Å². The first-order valence-corrected chi connectivity index (χ1v) is 7.42. The molecule has 1 aromatic rings. The Morgan fingerprint density at radius 2 is 2.32 bits per heavy atom. The van der Waals surface area contributed by atoms with Gasteiger partial charge in [-0.2, -0.15) is 0 Å². The number of rotatable bonds is 3. The minimum atomic E-state index is -0.836. The standard InChI is InChI=1S/C14H17BrN2O2/c15-10-3-1-4-11(9-10)16-14(13(18)19)6-8-17-7-2-5-12(14)17/h1,3-4,9,12,16H,2,5-8H2,(H,18,19). The van der Waals surface area contributed by atoms with Gasteiger partial charge in [0.15, 0.2) is 5.54 Å². The quantitative estimate of drug-likeness (QED) is 0.897. The Balaban J connectivity index is 1.91. The summed E-state index contributed by atoms with van der Waals surface area (Å²) in [6, 6.07) is 7.83. The molecule has 1 aromatic carbocycles. The van der Waals surface area contributed by atoms with Crippen molar-refractivity contribution in [2.45, 2.75) is 30.8 Å². The number of carbonyl (C=O) groups is 1. The fourth-order valence-corrected chi connectivity index (χ4v) is 3.81. The number of nitrogens with zero attached hydrogens (tertiary/aromatic N) is 1. The maximum absolute atomic E-state index is 11.9. The summed E-state index contributed by atoms with van der Waals surface area (Å²) < 4.78 is 0.958. The molecule has 5 heteroatoms. The molecule has 0 aromatic heterocycles. The van der Waals surface area contributed by atoms with Gasteiger partial charge in [-0.15, -0.1) is 0 Å². The van der Waals surface area contributed by atoms with Crippen LogP contribution in [-0.4, -0.2) is 40.6 Å². The summed E-state index contributed by atoms with van der Waals surface area (Å²) in [6.07, 6.45) is 2.73. The lowest BCUT2D eigenvalue weighted by molar-refractivity contribution is -0.143. The van der Waals surface area contributed by atoms with E-state index in [1.165, 1.54) is 0 Å². The summed E-state index contributed by atoms with van der Waals surface area (Å²) in [6.45, 7) is 1.90. The third kappa shape index (κ3) is 2.15. The molecule has 102 valence electrons. The van der Waals surface area contributed by atoms with Gasteiger partial charge >= 0.3 is 5.97 Å². The Bertz CT molecular complexity index is 508. The Kier molecular flexibility index (Phi) is 3.27. The van der Waals surface area contributed by atoms with Gasteiger partial charge in [0.25, 0.3) is 0 Å². The van der Waals surface area contributed by atoms with E-state index in [1.54, 1.807) is 0 Å². The molecule has 2 aliphatic heterocycles. The zero-order valence-corrected chi connectivity index (χ0v) is 12.2. The number of hydrogen-bond acceptors (Lipinski definition) is 3. The molecule has 2 fully saturated rings. The SMILES string of the molecule is O=C(O)C1(Nc2cccc(Br)c2)CCN2CCCC21. The number of carboxylic acids is 1. The third-order valence-electron chi connectivity index (χ3n) is 4.30. The third-order valence-corrected chi connectivity index (χ3v) is 4.79. The van der Waals surface area contributed by atoms with Gasteiger partial charge in [-0.3, -0.25) is 4.90 Å². The molecule has 2 unspecified atom stereocenters. The van der Waals surface area contributed by atoms with E-state index in [0.29, 0.717) is 6.42 Å². The largest absolute Gasteiger partial charge is 0.479 e. The van der Waals surface area contributed by atoms with Crippen molar-refractivity contribution in [1.29, 1.82) is 0 Å². The van der Waals surface area contributed by atoms with Crippen LogP contribution < -0.4 is 5.32 Å². The van der Waals surface area contributed by atoms with Gasteiger partial charge in [0, 0.05) is 22.7 Å². The second-order valence-electron chi connectivity index (χ2n) is 5.36. The van der Waals surface area contributed by atoms with E-state index in [2.05, 4.69) is 26.1 Å². The van der Waals surface area contributed by atoms with Crippen molar-refractivity contribution in [2.75, 3.05) is 18.4 Å². The van der Waals surface area contributed by atoms with Gasteiger partial charge in [0.05, 0.1) is 0 Å². The van der Waals surface area contributed by atoms with Crippen molar-refractivity contribution in [3.8, 4) is 0 Å². The van der Waals surface area contributed by atoms with Gasteiger partial charge in [0.2, 0.25) is 0 Å². The first-order valence-electron chi connectivity index (χ1n) is 6.63. The second kappa shape index (κ2) is 4.80. The van der Waals surface area contributed by atoms with Crippen LogP contribution in [0, 0.1) is 0 Å². The lowest BCUT2D eigenvalue weighted by Crippen LogP contribution is -2.54. The highest BCUT2D eigenvalue weighted by Crippen LogP contribution is 2.39. The van der Waals surface area contributed by atoms with E-state index in [0.717, 1.165) is 36.1 Å². The number of nitrogens with one attached hydrogen (secondary N) is 1. The Labute approximate surface area is 120 Å². The monoisotopic (exact) mass is 324 g/mol. The van der Waals surface area contributed by atoms with Crippen molar-refractivity contribution in [1.82, 2.24) is 4.90 Å². The molecule has 0 bridgehead atoms. The van der Waals surface area contributed by atoms with Crippen LogP contribution in [0.4, 0.5) is 5.69 Å². The van der Waals surface area contributed by atoms with Crippen molar-refractivity contribution in [3.05, 3.63) is 28.7 Å². The maximum atomic E-state index is 11.9. The van der Waals surface area contributed by atoms with Gasteiger partial charge in [-0.1, -0.05) is 22.0 Å². The molecule has 4 nitrogen and oxygen atoms in total. The van der Waals surface area contributed by atoms with E-state index < -0.39 is 11.5 Å². The van der Waals surface area contributed by atoms with E-state index in [9.17, 15) is 9.90 Å². The van der Waals surface area contributed by atoms with Gasteiger partial charge in [0.1, 0.15) is 0 Å². The van der Waals surface area contributed by atoms with E-state index in [4.69, 9.17) is 0 Å². The fraction of sp³-hybridized carbons (Fsp3) is 0.500. The summed E-state index contributed by atoms with van der Waals surface area (Å²) in [5, 5.41) is 13.0. The molecule has 2 saturated heterocycles. The van der Waals surface area contributed by atoms with Crippen LogP contribution in [0.25, 0.3) is 0 Å². The number of anilines is 1. The van der Waals surface area contributed by atoms with E-state index in [1.807, 2.05) is 24.3 Å². The van der Waals surface area contributed by atoms with Crippen LogP contribution in [-0.2, 0) is 4.79 Å². The van der Waals surface area contributed by atoms with Crippen molar-refractivity contribution in [2.24, 2.45) is 0 Å². The number of fused-ring (bicyclic) bond motifs is 1. The molecule has 2 aliphatic rings. The van der Waals surface area contributed by atoms with Gasteiger partial charge < -0.3 is 10.4 Å². The average molecular weight is 325 g/mol. The summed E-state index contributed by atoms with van der Waals surface area (Å²) in [4.78, 5) is 14.2. The minimum Gasteiger partial charge on any atom is -0.479 e. The summed E-state index contributed by atoms with van der Waals surface area (Å²) in [5.41, 5.74) is 0.0302. The molecular weight excluding hydrogens is 308 g/mol. The highest BCUT2D eigenvalue weighted by molar-refractivity contribution is 9.10. The average Bonchev–Trinajstić information content (AvgIpc) is 2.93. The molecule has 3 rings (SSSR count). The normalized spacial score (nSPS) is 30.3. The van der Waals surface area contributed by atoms with Crippen molar-refractivity contribution >= 4 is 27.6 Å². The van der Waals surface area contributed by atoms with Crippen LogP contribution in [0.5, 0.6) is 0 Å². The molecule has 0 aliphatic carbocycles. The molecule has 19 heavy (non-hydrogen) atoms. The highest BCUT2D eigenvalue weighted by atomic mass is 79.9. The Hall–Kier alpha value is -1.07. The zero-order valence-electron chi connectivity index (χ0n) is 10.6. The first-order chi connectivity index (χ1) is 9.12. The predicted octanol–water partition coefficient (Wildman–Crippen LogP) is 2.55. The van der Waals surface area contributed by atoms with Crippen molar-refractivity contribution in [3.63, 3.8) is 0 Å². The van der Waals surface area contributed by atoms with Crippen LogP contribution in [0.2, 0.25) is 0 Å². The molecule has 0 spiro atoms. The van der Waals surface area contributed by atoms with E-state index >= 15 is 0 Å². The molecule has 2 N–H and O–H groups in total. The Morgan fingerprint density at radius 3 is 3.05 bits per heavy atom. The predicted molar refractivity (Wildman–Crippen MR) is 77.3 cm³/mol. The van der Waals surface area contributed by atoms with Crippen molar-refractivity contribution < 1.29 is 9.90 Å². The highest BCUT2D eigenvalue weighted by Gasteiger charge is 2.54. The maximum Gasteiger partial charge on any atom is 0.331 e. The number of halogens is 1. The van der Waals surface area contributed by atoms with Crippen LogP contribution in [0.3, 0.4) is 0 Å². The zero-order chi connectivity index (χ0) is 13.5.